The molecule has 0 fully saturated rings. The van der Waals surface area contributed by atoms with E-state index >= 15 is 0 Å². The van der Waals surface area contributed by atoms with Crippen LogP contribution in [0.25, 0.3) is 11.1 Å². The topological polar surface area (TPSA) is 43.4 Å². The molecule has 0 aromatic heterocycles. The second kappa shape index (κ2) is 5.78. The van der Waals surface area contributed by atoms with Gasteiger partial charge in [-0.15, -0.1) is 0 Å². The van der Waals surface area contributed by atoms with E-state index in [2.05, 4.69) is 4.74 Å². The van der Waals surface area contributed by atoms with Gasteiger partial charge < -0.3 is 4.74 Å². The first-order valence-corrected chi connectivity index (χ1v) is 5.85. The first kappa shape index (κ1) is 14.8. The van der Waals surface area contributed by atoms with Crippen molar-refractivity contribution in [1.82, 2.24) is 0 Å². The van der Waals surface area contributed by atoms with E-state index in [0.717, 1.165) is 0 Å². The number of alkyl halides is 3. The highest BCUT2D eigenvalue weighted by Crippen LogP contribution is 2.39. The first-order chi connectivity index (χ1) is 9.91. The molecule has 0 saturated heterocycles. The number of benzene rings is 2. The number of esters is 1. The van der Waals surface area contributed by atoms with Crippen molar-refractivity contribution in [3.05, 3.63) is 54.1 Å². The fraction of sp³-hybridized carbons (Fsp3) is 0.0667. The highest BCUT2D eigenvalue weighted by Gasteiger charge is 2.34. The Bertz CT molecular complexity index is 664. The van der Waals surface area contributed by atoms with E-state index in [0.29, 0.717) is 11.6 Å². The van der Waals surface area contributed by atoms with Gasteiger partial charge in [-0.25, -0.2) is 4.79 Å². The van der Waals surface area contributed by atoms with Crippen molar-refractivity contribution in [2.75, 3.05) is 0 Å². The molecule has 0 spiro atoms. The van der Waals surface area contributed by atoms with Crippen molar-refractivity contribution in [2.45, 2.75) is 6.18 Å². The molecule has 0 amide bonds. The van der Waals surface area contributed by atoms with E-state index < -0.39 is 17.7 Å². The molecule has 3 nitrogen and oxygen atoms in total. The van der Waals surface area contributed by atoms with Crippen molar-refractivity contribution < 1.29 is 27.5 Å². The lowest BCUT2D eigenvalue weighted by Crippen LogP contribution is -2.11. The normalized spacial score (nSPS) is 11.0. The van der Waals surface area contributed by atoms with E-state index in [-0.39, 0.29) is 17.6 Å². The van der Waals surface area contributed by atoms with Gasteiger partial charge >= 0.3 is 12.1 Å². The highest BCUT2D eigenvalue weighted by molar-refractivity contribution is 6.21. The van der Waals surface area contributed by atoms with E-state index in [1.165, 1.54) is 12.1 Å². The highest BCUT2D eigenvalue weighted by atomic mass is 19.4. The molecule has 6 heteroatoms. The molecule has 2 aromatic rings. The minimum atomic E-state index is -4.62. The number of carbonyl (C=O) groups excluding carboxylic acids is 2. The minimum Gasteiger partial charge on any atom is -0.421 e. The summed E-state index contributed by atoms with van der Waals surface area (Å²) in [5, 5.41) is 0. The van der Waals surface area contributed by atoms with Crippen molar-refractivity contribution in [2.24, 2.45) is 0 Å². The summed E-state index contributed by atoms with van der Waals surface area (Å²) in [5.74, 6) is -1.59. The average molecular weight is 294 g/mol. The maximum atomic E-state index is 13.1. The fourth-order valence-electron chi connectivity index (χ4n) is 1.83. The van der Waals surface area contributed by atoms with Crippen LogP contribution in [-0.4, -0.2) is 12.3 Å². The quantitative estimate of drug-likeness (QED) is 0.377. The van der Waals surface area contributed by atoms with Crippen LogP contribution in [0.5, 0.6) is 5.75 Å². The Kier molecular flexibility index (Phi) is 4.07. The molecule has 0 unspecified atom stereocenters. The third-order valence-electron chi connectivity index (χ3n) is 2.70. The lowest BCUT2D eigenvalue weighted by molar-refractivity contribution is -0.142. The number of ether oxygens (including phenoxy) is 1. The summed E-state index contributed by atoms with van der Waals surface area (Å²) >= 11 is 0. The van der Waals surface area contributed by atoms with E-state index in [4.69, 9.17) is 0 Å². The SMILES string of the molecule is O=CC(=O)Oc1ccc(-c2ccccc2)c(C(F)(F)F)c1. The van der Waals surface area contributed by atoms with Crippen LogP contribution in [0.3, 0.4) is 0 Å². The smallest absolute Gasteiger partial charge is 0.417 e. The second-order valence-corrected chi connectivity index (χ2v) is 4.11. The van der Waals surface area contributed by atoms with Crippen LogP contribution < -0.4 is 4.74 Å². The standard InChI is InChI=1S/C15H9F3O3/c16-15(17,18)13-8-11(21-14(20)9-19)6-7-12(13)10-4-2-1-3-5-10/h1-9H. The number of aldehydes is 1. The van der Waals surface area contributed by atoms with Gasteiger partial charge in [0, 0.05) is 0 Å². The Labute approximate surface area is 118 Å². The first-order valence-electron chi connectivity index (χ1n) is 5.85. The zero-order valence-corrected chi connectivity index (χ0v) is 10.6. The summed E-state index contributed by atoms with van der Waals surface area (Å²) in [4.78, 5) is 21.0. The minimum absolute atomic E-state index is 0.0333. The van der Waals surface area contributed by atoms with Crippen LogP contribution in [0.2, 0.25) is 0 Å². The molecule has 0 aliphatic heterocycles. The van der Waals surface area contributed by atoms with Crippen molar-refractivity contribution in [1.29, 1.82) is 0 Å². The van der Waals surface area contributed by atoms with Crippen molar-refractivity contribution in [3.8, 4) is 16.9 Å². The molecule has 0 aliphatic carbocycles. The van der Waals surface area contributed by atoms with Crippen LogP contribution >= 0.6 is 0 Å². The number of hydrogen-bond donors (Lipinski definition) is 0. The molecular formula is C15H9F3O3. The van der Waals surface area contributed by atoms with E-state index in [9.17, 15) is 22.8 Å². The largest absolute Gasteiger partial charge is 0.421 e. The number of hydrogen-bond acceptors (Lipinski definition) is 3. The molecule has 2 aromatic carbocycles. The van der Waals surface area contributed by atoms with Gasteiger partial charge in [0.15, 0.2) is 0 Å². The van der Waals surface area contributed by atoms with Crippen molar-refractivity contribution in [3.63, 3.8) is 0 Å². The van der Waals surface area contributed by atoms with Crippen LogP contribution in [0, 0.1) is 0 Å². The van der Waals surface area contributed by atoms with Crippen LogP contribution in [0.4, 0.5) is 13.2 Å². The van der Waals surface area contributed by atoms with Crippen LogP contribution in [-0.2, 0) is 15.8 Å². The molecule has 0 heterocycles. The molecule has 21 heavy (non-hydrogen) atoms. The van der Waals surface area contributed by atoms with Gasteiger partial charge in [-0.05, 0) is 23.3 Å². The number of rotatable bonds is 3. The predicted molar refractivity (Wildman–Crippen MR) is 68.6 cm³/mol. The lowest BCUT2D eigenvalue weighted by atomic mass is 9.99. The average Bonchev–Trinajstić information content (AvgIpc) is 2.47. The summed E-state index contributed by atoms with van der Waals surface area (Å²) in [7, 11) is 0. The third-order valence-corrected chi connectivity index (χ3v) is 2.70. The van der Waals surface area contributed by atoms with Gasteiger partial charge in [-0.2, -0.15) is 13.2 Å². The lowest BCUT2D eigenvalue weighted by Gasteiger charge is -2.14. The van der Waals surface area contributed by atoms with Gasteiger partial charge in [0.2, 0.25) is 6.29 Å². The zero-order chi connectivity index (χ0) is 15.5. The van der Waals surface area contributed by atoms with E-state index in [1.807, 2.05) is 0 Å². The molecule has 0 N–H and O–H groups in total. The summed E-state index contributed by atoms with van der Waals surface area (Å²) in [6, 6.07) is 11.1. The predicted octanol–water partition coefficient (Wildman–Crippen LogP) is 3.48. The molecule has 0 radical (unpaired) electrons. The molecule has 0 saturated carbocycles. The van der Waals surface area contributed by atoms with Crippen LogP contribution in [0.15, 0.2) is 48.5 Å². The molecule has 0 aliphatic rings. The second-order valence-electron chi connectivity index (χ2n) is 4.11. The van der Waals surface area contributed by atoms with E-state index in [1.54, 1.807) is 30.3 Å². The number of halogens is 3. The number of carbonyl (C=O) groups is 2. The zero-order valence-electron chi connectivity index (χ0n) is 10.6. The summed E-state index contributed by atoms with van der Waals surface area (Å²) in [6.45, 7) is 0. The summed E-state index contributed by atoms with van der Waals surface area (Å²) in [5.41, 5.74) is -0.586. The van der Waals surface area contributed by atoms with Crippen LogP contribution in [0.1, 0.15) is 5.56 Å². The van der Waals surface area contributed by atoms with Gasteiger partial charge in [0.25, 0.3) is 0 Å². The molecule has 2 rings (SSSR count). The van der Waals surface area contributed by atoms with Crippen molar-refractivity contribution >= 4 is 12.3 Å². The Hall–Kier alpha value is -2.63. The Morgan fingerprint density at radius 3 is 2.29 bits per heavy atom. The molecule has 0 bridgehead atoms. The maximum Gasteiger partial charge on any atom is 0.417 e. The van der Waals surface area contributed by atoms with Gasteiger partial charge in [0.05, 0.1) is 5.56 Å². The molecular weight excluding hydrogens is 285 g/mol. The maximum absolute atomic E-state index is 13.1. The summed E-state index contributed by atoms with van der Waals surface area (Å²) < 4.78 is 43.9. The Balaban J connectivity index is 2.52. The summed E-state index contributed by atoms with van der Waals surface area (Å²) in [6.07, 6.45) is -4.73. The fourth-order valence-corrected chi connectivity index (χ4v) is 1.83. The Morgan fingerprint density at radius 2 is 1.71 bits per heavy atom. The molecule has 0 atom stereocenters. The Morgan fingerprint density at radius 1 is 1.05 bits per heavy atom. The monoisotopic (exact) mass is 294 g/mol. The third kappa shape index (κ3) is 3.47. The van der Waals surface area contributed by atoms with Gasteiger partial charge in [0.1, 0.15) is 5.75 Å². The van der Waals surface area contributed by atoms with Gasteiger partial charge in [-0.3, -0.25) is 4.79 Å². The van der Waals surface area contributed by atoms with Gasteiger partial charge in [-0.1, -0.05) is 36.4 Å². The molecule has 108 valence electrons.